The minimum Gasteiger partial charge on any atom is -0.497 e. The van der Waals surface area contributed by atoms with Gasteiger partial charge in [0.05, 0.1) is 16.1 Å². The van der Waals surface area contributed by atoms with Gasteiger partial charge in [0.2, 0.25) is 5.88 Å². The van der Waals surface area contributed by atoms with Crippen LogP contribution >= 0.6 is 47.8 Å². The number of rotatable bonds is 3. The zero-order valence-electron chi connectivity index (χ0n) is 9.28. The molecule has 1 aromatic heterocycles. The number of pyridine rings is 1. The van der Waals surface area contributed by atoms with E-state index in [2.05, 4.69) is 52.8 Å². The summed E-state index contributed by atoms with van der Waals surface area (Å²) in [5.41, 5.74) is 0. The molecule has 0 aliphatic heterocycles. The van der Waals surface area contributed by atoms with Crippen molar-refractivity contribution in [3.05, 3.63) is 43.9 Å². The van der Waals surface area contributed by atoms with Crippen molar-refractivity contribution in [3.8, 4) is 17.4 Å². The van der Waals surface area contributed by atoms with Crippen molar-refractivity contribution in [3.63, 3.8) is 0 Å². The summed E-state index contributed by atoms with van der Waals surface area (Å²) in [6, 6.07) is 7.35. The van der Waals surface area contributed by atoms with Crippen LogP contribution in [0.5, 0.6) is 17.4 Å². The van der Waals surface area contributed by atoms with Gasteiger partial charge in [-0.3, -0.25) is 0 Å². The van der Waals surface area contributed by atoms with E-state index < -0.39 is 0 Å². The molecule has 0 aliphatic rings. The molecule has 0 amide bonds. The molecule has 0 bridgehead atoms. The summed E-state index contributed by atoms with van der Waals surface area (Å²) in [4.78, 5) is 4.19. The Labute approximate surface area is 130 Å². The first-order chi connectivity index (χ1) is 8.60. The Morgan fingerprint density at radius 2 is 1.83 bits per heavy atom. The number of hydrogen-bond acceptors (Lipinski definition) is 3. The van der Waals surface area contributed by atoms with E-state index in [-0.39, 0.29) is 0 Å². The smallest absolute Gasteiger partial charge is 0.233 e. The van der Waals surface area contributed by atoms with Gasteiger partial charge in [0.25, 0.3) is 0 Å². The number of halogens is 3. The van der Waals surface area contributed by atoms with Crippen molar-refractivity contribution in [2.45, 2.75) is 0 Å². The van der Waals surface area contributed by atoms with Crippen molar-refractivity contribution in [2.75, 3.05) is 7.11 Å². The molecule has 1 heterocycles. The number of hydrogen-bond donors (Lipinski definition) is 0. The maximum absolute atomic E-state index is 5.71. The van der Waals surface area contributed by atoms with E-state index in [1.165, 1.54) is 0 Å². The van der Waals surface area contributed by atoms with Gasteiger partial charge in [0.1, 0.15) is 11.5 Å². The Morgan fingerprint density at radius 1 is 1.06 bits per heavy atom. The first-order valence-corrected chi connectivity index (χ1v) is 7.30. The summed E-state index contributed by atoms with van der Waals surface area (Å²) < 4.78 is 13.3. The lowest BCUT2D eigenvalue weighted by Gasteiger charge is -2.09. The molecule has 0 radical (unpaired) electrons. The number of methoxy groups -OCH3 is 1. The number of aromatic nitrogens is 1. The van der Waals surface area contributed by atoms with Crippen LogP contribution in [-0.4, -0.2) is 12.1 Å². The zero-order valence-corrected chi connectivity index (χ0v) is 14.0. The molecule has 2 rings (SSSR count). The molecule has 1 aromatic carbocycles. The molecule has 0 aliphatic carbocycles. The van der Waals surface area contributed by atoms with Crippen molar-refractivity contribution < 1.29 is 9.47 Å². The highest BCUT2D eigenvalue weighted by atomic mass is 79.9. The first kappa shape index (κ1) is 13.8. The van der Waals surface area contributed by atoms with E-state index in [1.807, 2.05) is 24.3 Å². The Morgan fingerprint density at radius 3 is 2.44 bits per heavy atom. The molecule has 0 fully saturated rings. The lowest BCUT2D eigenvalue weighted by molar-refractivity contribution is 0.411. The summed E-state index contributed by atoms with van der Waals surface area (Å²) in [6.07, 6.45) is 1.68. The average molecular weight is 438 g/mol. The predicted molar refractivity (Wildman–Crippen MR) is 80.4 cm³/mol. The summed E-state index contributed by atoms with van der Waals surface area (Å²) in [5, 5.41) is 0. The molecule has 0 saturated heterocycles. The second-order valence-corrected chi connectivity index (χ2v) is 5.96. The molecule has 0 N–H and O–H groups in total. The van der Waals surface area contributed by atoms with Gasteiger partial charge in [-0.1, -0.05) is 0 Å². The number of benzene rings is 1. The third-order valence-electron chi connectivity index (χ3n) is 2.12. The van der Waals surface area contributed by atoms with E-state index in [0.29, 0.717) is 11.6 Å². The van der Waals surface area contributed by atoms with E-state index >= 15 is 0 Å². The maximum Gasteiger partial charge on any atom is 0.233 e. The van der Waals surface area contributed by atoms with Crippen LogP contribution in [0.25, 0.3) is 0 Å². The van der Waals surface area contributed by atoms with E-state index in [4.69, 9.17) is 9.47 Å². The Kier molecular flexibility index (Phi) is 4.64. The van der Waals surface area contributed by atoms with Gasteiger partial charge in [-0.05, 0) is 72.1 Å². The number of nitrogens with zero attached hydrogens (tertiary/aromatic N) is 1. The highest BCUT2D eigenvalue weighted by molar-refractivity contribution is 9.11. The topological polar surface area (TPSA) is 31.4 Å². The average Bonchev–Trinajstić information content (AvgIpc) is 2.34. The standard InChI is InChI=1S/C12H8Br3NO2/c1-17-8-2-3-11(9(14)5-8)18-12-10(15)4-7(13)6-16-12/h2-6H,1H3. The lowest BCUT2D eigenvalue weighted by Crippen LogP contribution is -1.91. The van der Waals surface area contributed by atoms with Gasteiger partial charge in [-0.15, -0.1) is 0 Å². The van der Waals surface area contributed by atoms with Crippen LogP contribution in [0.3, 0.4) is 0 Å². The zero-order chi connectivity index (χ0) is 13.1. The fraction of sp³-hybridized carbons (Fsp3) is 0.0833. The van der Waals surface area contributed by atoms with Crippen LogP contribution in [0.4, 0.5) is 0 Å². The molecule has 18 heavy (non-hydrogen) atoms. The van der Waals surface area contributed by atoms with Crippen molar-refractivity contribution in [1.29, 1.82) is 0 Å². The van der Waals surface area contributed by atoms with Crippen molar-refractivity contribution in [1.82, 2.24) is 4.98 Å². The van der Waals surface area contributed by atoms with Crippen LogP contribution in [0, 0.1) is 0 Å². The second-order valence-electron chi connectivity index (χ2n) is 3.34. The SMILES string of the molecule is COc1ccc(Oc2ncc(Br)cc2Br)c(Br)c1. The van der Waals surface area contributed by atoms with E-state index in [0.717, 1.165) is 19.2 Å². The summed E-state index contributed by atoms with van der Waals surface area (Å²) in [7, 11) is 1.62. The van der Waals surface area contributed by atoms with Gasteiger partial charge in [0.15, 0.2) is 0 Å². The van der Waals surface area contributed by atoms with Crippen LogP contribution < -0.4 is 9.47 Å². The van der Waals surface area contributed by atoms with Crippen molar-refractivity contribution in [2.24, 2.45) is 0 Å². The van der Waals surface area contributed by atoms with Crippen LogP contribution in [-0.2, 0) is 0 Å². The minimum atomic E-state index is 0.504. The van der Waals surface area contributed by atoms with Crippen LogP contribution in [0.2, 0.25) is 0 Å². The van der Waals surface area contributed by atoms with E-state index in [1.54, 1.807) is 13.3 Å². The lowest BCUT2D eigenvalue weighted by atomic mass is 10.3. The fourth-order valence-electron chi connectivity index (χ4n) is 1.27. The molecule has 0 atom stereocenters. The Hall–Kier alpha value is -0.590. The highest BCUT2D eigenvalue weighted by Crippen LogP contribution is 2.35. The van der Waals surface area contributed by atoms with Crippen molar-refractivity contribution >= 4 is 47.8 Å². The van der Waals surface area contributed by atoms with Gasteiger partial charge in [-0.2, -0.15) is 0 Å². The summed E-state index contributed by atoms with van der Waals surface area (Å²) in [6.45, 7) is 0. The third-order valence-corrected chi connectivity index (χ3v) is 3.74. The monoisotopic (exact) mass is 435 g/mol. The van der Waals surface area contributed by atoms with E-state index in [9.17, 15) is 0 Å². The summed E-state index contributed by atoms with van der Waals surface area (Å²) in [5.74, 6) is 1.94. The molecule has 0 saturated carbocycles. The van der Waals surface area contributed by atoms with Crippen LogP contribution in [0.15, 0.2) is 43.9 Å². The Bertz CT molecular complexity index is 575. The number of ether oxygens (including phenoxy) is 2. The minimum absolute atomic E-state index is 0.504. The van der Waals surface area contributed by atoms with Gasteiger partial charge >= 0.3 is 0 Å². The molecular weight excluding hydrogens is 430 g/mol. The fourth-order valence-corrected chi connectivity index (χ4v) is 2.78. The summed E-state index contributed by atoms with van der Waals surface area (Å²) >= 11 is 10.2. The van der Waals surface area contributed by atoms with Gasteiger partial charge < -0.3 is 9.47 Å². The molecule has 94 valence electrons. The maximum atomic E-state index is 5.71. The quantitative estimate of drug-likeness (QED) is 0.663. The Balaban J connectivity index is 2.28. The molecule has 3 nitrogen and oxygen atoms in total. The van der Waals surface area contributed by atoms with Crippen LogP contribution in [0.1, 0.15) is 0 Å². The van der Waals surface area contributed by atoms with Gasteiger partial charge in [0, 0.05) is 10.7 Å². The largest absolute Gasteiger partial charge is 0.497 e. The molecule has 0 spiro atoms. The molecule has 0 unspecified atom stereocenters. The first-order valence-electron chi connectivity index (χ1n) is 4.92. The second kappa shape index (κ2) is 6.04. The highest BCUT2D eigenvalue weighted by Gasteiger charge is 2.08. The molecular formula is C12H8Br3NO2. The van der Waals surface area contributed by atoms with Gasteiger partial charge in [-0.25, -0.2) is 4.98 Å². The third kappa shape index (κ3) is 3.24. The normalized spacial score (nSPS) is 10.2. The predicted octanol–water partition coefficient (Wildman–Crippen LogP) is 5.17. The molecule has 6 heteroatoms. The molecule has 2 aromatic rings.